The maximum atomic E-state index is 12.2. The number of aryl methyl sites for hydroxylation is 2. The highest BCUT2D eigenvalue weighted by Gasteiger charge is 2.24. The summed E-state index contributed by atoms with van der Waals surface area (Å²) in [4.78, 5) is 12.2. The molecule has 5 nitrogen and oxygen atoms in total. The van der Waals surface area contributed by atoms with Crippen molar-refractivity contribution in [1.29, 1.82) is 0 Å². The molecule has 1 aliphatic rings. The Bertz CT molecular complexity index is 456. The zero-order valence-corrected chi connectivity index (χ0v) is 12.4. The molecule has 0 spiro atoms. The Labute approximate surface area is 120 Å². The number of carbonyl (C=O) groups excluding carboxylic acids is 1. The van der Waals surface area contributed by atoms with Crippen molar-refractivity contribution >= 4 is 5.91 Å². The highest BCUT2D eigenvalue weighted by molar-refractivity contribution is 5.92. The van der Waals surface area contributed by atoms with Gasteiger partial charge in [-0.15, -0.1) is 0 Å². The lowest BCUT2D eigenvalue weighted by atomic mass is 9.86. The van der Waals surface area contributed by atoms with E-state index >= 15 is 0 Å². The number of hydrogen-bond acceptors (Lipinski definition) is 3. The van der Waals surface area contributed by atoms with E-state index in [1.54, 1.807) is 4.68 Å². The monoisotopic (exact) mass is 279 g/mol. The summed E-state index contributed by atoms with van der Waals surface area (Å²) in [5, 5.41) is 17.3. The van der Waals surface area contributed by atoms with Crippen molar-refractivity contribution in [1.82, 2.24) is 15.1 Å². The average Bonchev–Trinajstić information content (AvgIpc) is 2.89. The van der Waals surface area contributed by atoms with Crippen molar-refractivity contribution in [2.24, 2.45) is 5.92 Å². The molecule has 2 unspecified atom stereocenters. The molecule has 1 saturated carbocycles. The third-order valence-corrected chi connectivity index (χ3v) is 4.12. The summed E-state index contributed by atoms with van der Waals surface area (Å²) in [6.45, 7) is 5.25. The molecular weight excluding hydrogens is 254 g/mol. The summed E-state index contributed by atoms with van der Waals surface area (Å²) in [6.07, 6.45) is 4.64. The van der Waals surface area contributed by atoms with Gasteiger partial charge in [0.05, 0.1) is 11.8 Å². The van der Waals surface area contributed by atoms with Crippen LogP contribution in [0.3, 0.4) is 0 Å². The smallest absolute Gasteiger partial charge is 0.269 e. The molecule has 0 saturated heterocycles. The summed E-state index contributed by atoms with van der Waals surface area (Å²) in [5.74, 6) is 0.105. The van der Waals surface area contributed by atoms with Gasteiger partial charge in [-0.1, -0.05) is 19.8 Å². The van der Waals surface area contributed by atoms with Gasteiger partial charge in [-0.3, -0.25) is 9.48 Å². The highest BCUT2D eigenvalue weighted by atomic mass is 16.3. The topological polar surface area (TPSA) is 67.2 Å². The predicted octanol–water partition coefficient (Wildman–Crippen LogP) is 1.75. The molecule has 1 aliphatic carbocycles. The van der Waals surface area contributed by atoms with Gasteiger partial charge in [-0.25, -0.2) is 0 Å². The maximum Gasteiger partial charge on any atom is 0.269 e. The van der Waals surface area contributed by atoms with E-state index in [-0.39, 0.29) is 17.9 Å². The number of nitrogens with one attached hydrogen (secondary N) is 1. The Balaban J connectivity index is 1.95. The normalized spacial score (nSPS) is 22.8. The van der Waals surface area contributed by atoms with Crippen molar-refractivity contribution in [3.8, 4) is 0 Å². The van der Waals surface area contributed by atoms with Crippen LogP contribution in [0.2, 0.25) is 0 Å². The summed E-state index contributed by atoms with van der Waals surface area (Å²) in [6, 6.07) is 1.86. The highest BCUT2D eigenvalue weighted by Crippen LogP contribution is 2.23. The Hall–Kier alpha value is -1.36. The first-order valence-electron chi connectivity index (χ1n) is 7.68. The van der Waals surface area contributed by atoms with E-state index < -0.39 is 0 Å². The molecule has 0 radical (unpaired) electrons. The van der Waals surface area contributed by atoms with Crippen molar-refractivity contribution in [2.45, 2.75) is 58.6 Å². The van der Waals surface area contributed by atoms with Gasteiger partial charge in [0, 0.05) is 19.0 Å². The second kappa shape index (κ2) is 6.88. The predicted molar refractivity (Wildman–Crippen MR) is 77.6 cm³/mol. The molecule has 1 fully saturated rings. The summed E-state index contributed by atoms with van der Waals surface area (Å²) < 4.78 is 1.74. The molecular formula is C15H25N3O2. The second-order valence-corrected chi connectivity index (χ2v) is 5.51. The third kappa shape index (κ3) is 3.39. The van der Waals surface area contributed by atoms with E-state index in [1.165, 1.54) is 0 Å². The minimum absolute atomic E-state index is 0.0863. The molecule has 0 aromatic carbocycles. The molecule has 1 amide bonds. The van der Waals surface area contributed by atoms with Crippen LogP contribution in [0.4, 0.5) is 0 Å². The first-order valence-corrected chi connectivity index (χ1v) is 7.68. The Morgan fingerprint density at radius 2 is 2.20 bits per heavy atom. The van der Waals surface area contributed by atoms with Crippen molar-refractivity contribution in [3.63, 3.8) is 0 Å². The second-order valence-electron chi connectivity index (χ2n) is 5.51. The van der Waals surface area contributed by atoms with Crippen LogP contribution in [-0.4, -0.2) is 33.4 Å². The lowest BCUT2D eigenvalue weighted by Gasteiger charge is -2.27. The van der Waals surface area contributed by atoms with Crippen LogP contribution in [0.1, 0.15) is 55.7 Å². The van der Waals surface area contributed by atoms with Gasteiger partial charge in [-0.05, 0) is 32.3 Å². The van der Waals surface area contributed by atoms with Gasteiger partial charge in [0.2, 0.25) is 0 Å². The van der Waals surface area contributed by atoms with Crippen LogP contribution in [0.15, 0.2) is 6.07 Å². The first-order chi connectivity index (χ1) is 9.65. The number of hydrogen-bond donors (Lipinski definition) is 2. The molecule has 0 bridgehead atoms. The SMILES string of the molecule is CCc1cc(C(=O)NCC2CCCCC2O)n(CC)n1. The van der Waals surface area contributed by atoms with E-state index in [0.29, 0.717) is 18.8 Å². The number of nitrogens with zero attached hydrogens (tertiary/aromatic N) is 2. The van der Waals surface area contributed by atoms with Gasteiger partial charge in [0.15, 0.2) is 0 Å². The van der Waals surface area contributed by atoms with Crippen LogP contribution >= 0.6 is 0 Å². The maximum absolute atomic E-state index is 12.2. The number of amides is 1. The van der Waals surface area contributed by atoms with Gasteiger partial charge in [0.1, 0.15) is 5.69 Å². The summed E-state index contributed by atoms with van der Waals surface area (Å²) >= 11 is 0. The lowest BCUT2D eigenvalue weighted by molar-refractivity contribution is 0.0660. The Morgan fingerprint density at radius 3 is 2.85 bits per heavy atom. The number of aliphatic hydroxyl groups is 1. The number of rotatable bonds is 5. The molecule has 0 aliphatic heterocycles. The summed E-state index contributed by atoms with van der Waals surface area (Å²) in [5.41, 5.74) is 1.56. The minimum Gasteiger partial charge on any atom is -0.393 e. The van der Waals surface area contributed by atoms with Gasteiger partial charge < -0.3 is 10.4 Å². The number of carbonyl (C=O) groups is 1. The zero-order valence-electron chi connectivity index (χ0n) is 12.4. The van der Waals surface area contributed by atoms with E-state index in [9.17, 15) is 9.90 Å². The van der Waals surface area contributed by atoms with Gasteiger partial charge in [-0.2, -0.15) is 5.10 Å². The van der Waals surface area contributed by atoms with Crippen LogP contribution in [0.25, 0.3) is 0 Å². The third-order valence-electron chi connectivity index (χ3n) is 4.12. The van der Waals surface area contributed by atoms with Crippen molar-refractivity contribution < 1.29 is 9.90 Å². The quantitative estimate of drug-likeness (QED) is 0.863. The van der Waals surface area contributed by atoms with E-state index in [1.807, 2.05) is 19.9 Å². The summed E-state index contributed by atoms with van der Waals surface area (Å²) in [7, 11) is 0. The van der Waals surface area contributed by atoms with Crippen molar-refractivity contribution in [3.05, 3.63) is 17.5 Å². The fraction of sp³-hybridized carbons (Fsp3) is 0.733. The van der Waals surface area contributed by atoms with Gasteiger partial charge >= 0.3 is 0 Å². The standard InChI is InChI=1S/C15H25N3O2/c1-3-12-9-13(18(4-2)17-12)15(20)16-10-11-7-5-6-8-14(11)19/h9,11,14,19H,3-8,10H2,1-2H3,(H,16,20). The van der Waals surface area contributed by atoms with Crippen LogP contribution in [-0.2, 0) is 13.0 Å². The average molecular weight is 279 g/mol. The van der Waals surface area contributed by atoms with E-state index in [0.717, 1.165) is 37.8 Å². The molecule has 2 N–H and O–H groups in total. The van der Waals surface area contributed by atoms with Crippen molar-refractivity contribution in [2.75, 3.05) is 6.54 Å². The molecule has 1 aromatic heterocycles. The largest absolute Gasteiger partial charge is 0.393 e. The Morgan fingerprint density at radius 1 is 1.45 bits per heavy atom. The first kappa shape index (κ1) is 15.0. The van der Waals surface area contributed by atoms with Crippen LogP contribution < -0.4 is 5.32 Å². The molecule has 112 valence electrons. The molecule has 5 heteroatoms. The van der Waals surface area contributed by atoms with Gasteiger partial charge in [0.25, 0.3) is 5.91 Å². The van der Waals surface area contributed by atoms with Crippen LogP contribution in [0, 0.1) is 5.92 Å². The zero-order chi connectivity index (χ0) is 14.5. The Kier molecular flexibility index (Phi) is 5.17. The minimum atomic E-state index is -0.272. The van der Waals surface area contributed by atoms with E-state index in [4.69, 9.17) is 0 Å². The fourth-order valence-electron chi connectivity index (χ4n) is 2.81. The molecule has 20 heavy (non-hydrogen) atoms. The fourth-order valence-corrected chi connectivity index (χ4v) is 2.81. The van der Waals surface area contributed by atoms with E-state index in [2.05, 4.69) is 10.4 Å². The lowest BCUT2D eigenvalue weighted by Crippen LogP contribution is -2.37. The molecule has 2 rings (SSSR count). The number of aliphatic hydroxyl groups excluding tert-OH is 1. The molecule has 1 aromatic rings. The molecule has 2 atom stereocenters. The number of aromatic nitrogens is 2. The molecule has 1 heterocycles. The van der Waals surface area contributed by atoms with Crippen LogP contribution in [0.5, 0.6) is 0 Å².